The summed E-state index contributed by atoms with van der Waals surface area (Å²) in [5.74, 6) is 0.0900. The van der Waals surface area contributed by atoms with Gasteiger partial charge in [-0.2, -0.15) is 9.78 Å². The smallest absolute Gasteiger partial charge is 0.432 e. The van der Waals surface area contributed by atoms with Crippen LogP contribution in [0.4, 0.5) is 4.79 Å². The second-order valence-electron chi connectivity index (χ2n) is 4.28. The van der Waals surface area contributed by atoms with Crippen LogP contribution in [-0.2, 0) is 9.53 Å². The van der Waals surface area contributed by atoms with Crippen molar-refractivity contribution in [2.45, 2.75) is 13.8 Å². The van der Waals surface area contributed by atoms with Crippen molar-refractivity contribution in [3.8, 4) is 5.75 Å². The van der Waals surface area contributed by atoms with E-state index in [2.05, 4.69) is 5.10 Å². The molecule has 1 aromatic carbocycles. The first kappa shape index (κ1) is 15.6. The van der Waals surface area contributed by atoms with Crippen LogP contribution in [-0.4, -0.2) is 40.2 Å². The van der Waals surface area contributed by atoms with Crippen LogP contribution in [0.3, 0.4) is 0 Å². The molecule has 2 rings (SSSR count). The van der Waals surface area contributed by atoms with E-state index in [-0.39, 0.29) is 6.61 Å². The Morgan fingerprint density at radius 3 is 2.73 bits per heavy atom. The second-order valence-corrected chi connectivity index (χ2v) is 4.28. The van der Waals surface area contributed by atoms with Crippen molar-refractivity contribution in [2.24, 2.45) is 0 Å². The summed E-state index contributed by atoms with van der Waals surface area (Å²) in [4.78, 5) is 22.6. The van der Waals surface area contributed by atoms with Crippen molar-refractivity contribution >= 4 is 29.0 Å². The van der Waals surface area contributed by atoms with E-state index < -0.39 is 12.1 Å². The molecule has 1 N–H and O–H groups in total. The maximum Gasteiger partial charge on any atom is 0.432 e. The molecule has 2 aromatic rings. The van der Waals surface area contributed by atoms with Crippen LogP contribution >= 0.6 is 0 Å². The molecule has 0 spiro atoms. The van der Waals surface area contributed by atoms with Crippen LogP contribution in [0.15, 0.2) is 24.3 Å². The molecule has 116 valence electrons. The highest BCUT2D eigenvalue weighted by Gasteiger charge is 2.14. The number of fused-ring (bicyclic) bond motifs is 1. The first-order valence-corrected chi connectivity index (χ1v) is 6.80. The number of nitrogens with zero attached hydrogens (tertiary/aromatic N) is 2. The minimum atomic E-state index is -1.20. The van der Waals surface area contributed by atoms with Crippen LogP contribution in [0.1, 0.15) is 19.5 Å². The summed E-state index contributed by atoms with van der Waals surface area (Å²) in [5.41, 5.74) is 0.770. The summed E-state index contributed by atoms with van der Waals surface area (Å²) >= 11 is 0. The van der Waals surface area contributed by atoms with Crippen molar-refractivity contribution in [1.29, 1.82) is 0 Å². The largest absolute Gasteiger partial charge is 0.494 e. The number of hydrogen-bond acceptors (Lipinski definition) is 5. The summed E-state index contributed by atoms with van der Waals surface area (Å²) in [5, 5.41) is 13.8. The lowest BCUT2D eigenvalue weighted by Crippen LogP contribution is -2.09. The number of hydrogen-bond donors (Lipinski definition) is 1. The Morgan fingerprint density at radius 2 is 2.09 bits per heavy atom. The van der Waals surface area contributed by atoms with Crippen LogP contribution in [0.5, 0.6) is 5.75 Å². The van der Waals surface area contributed by atoms with Crippen molar-refractivity contribution in [3.05, 3.63) is 30.0 Å². The topological polar surface area (TPSA) is 90.7 Å². The number of esters is 1. The summed E-state index contributed by atoms with van der Waals surface area (Å²) in [6, 6.07) is 4.98. The Balaban J connectivity index is 2.49. The zero-order valence-corrected chi connectivity index (χ0v) is 12.3. The number of carbonyl (C=O) groups excluding carboxylic acids is 1. The third-order valence-corrected chi connectivity index (χ3v) is 2.84. The van der Waals surface area contributed by atoms with E-state index in [4.69, 9.17) is 9.47 Å². The lowest BCUT2D eigenvalue weighted by atomic mass is 10.2. The lowest BCUT2D eigenvalue weighted by Gasteiger charge is -2.02. The highest BCUT2D eigenvalue weighted by atomic mass is 16.5. The van der Waals surface area contributed by atoms with Crippen molar-refractivity contribution in [1.82, 2.24) is 9.78 Å². The van der Waals surface area contributed by atoms with Gasteiger partial charge in [-0.1, -0.05) is 0 Å². The van der Waals surface area contributed by atoms with Gasteiger partial charge in [0.25, 0.3) is 0 Å². The van der Waals surface area contributed by atoms with Crippen molar-refractivity contribution < 1.29 is 24.2 Å². The molecule has 0 bridgehead atoms. The van der Waals surface area contributed by atoms with Crippen LogP contribution in [0.2, 0.25) is 0 Å². The maximum atomic E-state index is 11.4. The Kier molecular flexibility index (Phi) is 4.77. The fraction of sp³-hybridized carbons (Fsp3) is 0.267. The molecule has 1 heterocycles. The van der Waals surface area contributed by atoms with Crippen LogP contribution < -0.4 is 4.74 Å². The molecular weight excluding hydrogens is 288 g/mol. The predicted octanol–water partition coefficient (Wildman–Crippen LogP) is 2.54. The molecule has 0 fully saturated rings. The molecule has 0 saturated heterocycles. The van der Waals surface area contributed by atoms with Gasteiger partial charge in [0.1, 0.15) is 5.75 Å². The van der Waals surface area contributed by atoms with Gasteiger partial charge < -0.3 is 14.6 Å². The standard InChI is InChI=1S/C15H16N2O5/c1-3-21-10-5-7-13-11(9-10)12(16-17(13)15(19)20)6-8-14(18)22-4-2/h5-9H,3-4H2,1-2H3,(H,19,20)/b8-6+. The number of rotatable bonds is 5. The molecule has 22 heavy (non-hydrogen) atoms. The first-order valence-electron chi connectivity index (χ1n) is 6.80. The van der Waals surface area contributed by atoms with Crippen molar-refractivity contribution in [3.63, 3.8) is 0 Å². The third-order valence-electron chi connectivity index (χ3n) is 2.84. The molecule has 0 atom stereocenters. The van der Waals surface area contributed by atoms with E-state index in [0.717, 1.165) is 4.68 Å². The van der Waals surface area contributed by atoms with E-state index in [1.54, 1.807) is 25.1 Å². The minimum Gasteiger partial charge on any atom is -0.494 e. The number of aromatic nitrogens is 2. The van der Waals surface area contributed by atoms with Gasteiger partial charge in [0, 0.05) is 11.5 Å². The number of carboxylic acid groups (broad SMARTS) is 1. The second kappa shape index (κ2) is 6.75. The molecule has 0 unspecified atom stereocenters. The van der Waals surface area contributed by atoms with E-state index in [1.165, 1.54) is 12.2 Å². The molecule has 7 heteroatoms. The molecule has 0 saturated carbocycles. The van der Waals surface area contributed by atoms with Crippen LogP contribution in [0.25, 0.3) is 17.0 Å². The quantitative estimate of drug-likeness (QED) is 0.674. The summed E-state index contributed by atoms with van der Waals surface area (Å²) in [6.07, 6.45) is 1.44. The van der Waals surface area contributed by atoms with Gasteiger partial charge in [-0.3, -0.25) is 0 Å². The lowest BCUT2D eigenvalue weighted by molar-refractivity contribution is -0.137. The molecule has 0 aliphatic heterocycles. The van der Waals surface area contributed by atoms with E-state index in [9.17, 15) is 14.7 Å². The summed E-state index contributed by atoms with van der Waals surface area (Å²) < 4.78 is 11.1. The third kappa shape index (κ3) is 3.25. The zero-order valence-electron chi connectivity index (χ0n) is 12.3. The average Bonchev–Trinajstić information content (AvgIpc) is 2.84. The number of ether oxygens (including phenoxy) is 2. The van der Waals surface area contributed by atoms with Crippen LogP contribution in [0, 0.1) is 0 Å². The monoisotopic (exact) mass is 304 g/mol. The molecule has 0 radical (unpaired) electrons. The minimum absolute atomic E-state index is 0.266. The van der Waals surface area contributed by atoms with Gasteiger partial charge in [-0.15, -0.1) is 0 Å². The number of carbonyl (C=O) groups is 2. The molecule has 0 aliphatic rings. The SMILES string of the molecule is CCOC(=O)/C=C/c1nn(C(=O)O)c2ccc(OCC)cc12. The van der Waals surface area contributed by atoms with Gasteiger partial charge in [-0.25, -0.2) is 9.59 Å². The van der Waals surface area contributed by atoms with Gasteiger partial charge >= 0.3 is 12.1 Å². The molecular formula is C15H16N2O5. The fourth-order valence-electron chi connectivity index (χ4n) is 1.98. The van der Waals surface area contributed by atoms with Gasteiger partial charge in [0.05, 0.1) is 24.4 Å². The molecule has 1 aromatic heterocycles. The zero-order chi connectivity index (χ0) is 16.1. The highest BCUT2D eigenvalue weighted by molar-refractivity contribution is 5.96. The van der Waals surface area contributed by atoms with Gasteiger partial charge in [-0.05, 0) is 38.1 Å². The fourth-order valence-corrected chi connectivity index (χ4v) is 1.98. The van der Waals surface area contributed by atoms with E-state index in [0.29, 0.717) is 29.0 Å². The molecule has 7 nitrogen and oxygen atoms in total. The normalized spacial score (nSPS) is 11.0. The maximum absolute atomic E-state index is 11.4. The Hall–Kier alpha value is -2.83. The Labute approximate surface area is 126 Å². The highest BCUT2D eigenvalue weighted by Crippen LogP contribution is 2.25. The molecule has 0 amide bonds. The summed E-state index contributed by atoms with van der Waals surface area (Å²) in [7, 11) is 0. The average molecular weight is 304 g/mol. The first-order chi connectivity index (χ1) is 10.6. The van der Waals surface area contributed by atoms with E-state index in [1.807, 2.05) is 6.92 Å². The van der Waals surface area contributed by atoms with Gasteiger partial charge in [0.15, 0.2) is 0 Å². The Bertz CT molecular complexity index is 733. The summed E-state index contributed by atoms with van der Waals surface area (Å²) in [6.45, 7) is 4.32. The van der Waals surface area contributed by atoms with Crippen molar-refractivity contribution in [2.75, 3.05) is 13.2 Å². The molecule has 0 aliphatic carbocycles. The van der Waals surface area contributed by atoms with E-state index >= 15 is 0 Å². The predicted molar refractivity (Wildman–Crippen MR) is 80.0 cm³/mol. The number of benzene rings is 1. The Morgan fingerprint density at radius 1 is 1.32 bits per heavy atom. The van der Waals surface area contributed by atoms with Gasteiger partial charge in [0.2, 0.25) is 0 Å².